The lowest BCUT2D eigenvalue weighted by Crippen LogP contribution is -2.39. The summed E-state index contributed by atoms with van der Waals surface area (Å²) in [7, 11) is 0. The van der Waals surface area contributed by atoms with Crippen LogP contribution in [0.1, 0.15) is 48.7 Å². The zero-order valence-electron chi connectivity index (χ0n) is 13.8. The van der Waals surface area contributed by atoms with Gasteiger partial charge in [0, 0.05) is 30.8 Å². The van der Waals surface area contributed by atoms with E-state index in [0.717, 1.165) is 24.4 Å². The highest BCUT2D eigenvalue weighted by Crippen LogP contribution is 2.41. The van der Waals surface area contributed by atoms with Crippen LogP contribution < -0.4 is 10.1 Å². The predicted octanol–water partition coefficient (Wildman–Crippen LogP) is 4.09. The maximum Gasteiger partial charge on any atom is 0.125 e. The molecule has 3 rings (SSSR count). The van der Waals surface area contributed by atoms with Crippen LogP contribution >= 0.6 is 0 Å². The number of nitrogens with zero attached hydrogens (tertiary/aromatic N) is 1. The van der Waals surface area contributed by atoms with E-state index in [9.17, 15) is 0 Å². The highest BCUT2D eigenvalue weighted by molar-refractivity contribution is 5.47. The van der Waals surface area contributed by atoms with Crippen molar-refractivity contribution in [1.82, 2.24) is 10.3 Å². The van der Waals surface area contributed by atoms with Gasteiger partial charge in [0.2, 0.25) is 0 Å². The predicted molar refractivity (Wildman–Crippen MR) is 89.1 cm³/mol. The molecular formula is C19H24N2O. The van der Waals surface area contributed by atoms with Crippen LogP contribution in [0.2, 0.25) is 0 Å². The number of fused-ring (bicyclic) bond motifs is 1. The minimum absolute atomic E-state index is 0.158. The van der Waals surface area contributed by atoms with E-state index in [4.69, 9.17) is 4.74 Å². The number of hydrogen-bond acceptors (Lipinski definition) is 3. The van der Waals surface area contributed by atoms with Gasteiger partial charge in [0.15, 0.2) is 0 Å². The number of pyridine rings is 1. The molecule has 0 aliphatic carbocycles. The molecule has 0 saturated heterocycles. The fourth-order valence-corrected chi connectivity index (χ4v) is 3.31. The Kier molecular flexibility index (Phi) is 3.92. The molecule has 1 atom stereocenters. The van der Waals surface area contributed by atoms with Crippen molar-refractivity contribution in [1.29, 1.82) is 0 Å². The van der Waals surface area contributed by atoms with Crippen molar-refractivity contribution in [3.05, 3.63) is 58.9 Å². The molecule has 3 heteroatoms. The maximum absolute atomic E-state index is 6.21. The quantitative estimate of drug-likeness (QED) is 0.926. The highest BCUT2D eigenvalue weighted by Gasteiger charge is 2.34. The van der Waals surface area contributed by atoms with Gasteiger partial charge in [-0.2, -0.15) is 0 Å². The zero-order chi connectivity index (χ0) is 15.7. The minimum Gasteiger partial charge on any atom is -0.487 e. The molecule has 22 heavy (non-hydrogen) atoms. The SMILES string of the molecule is Cc1cc(C)c2c(c1)OC(C)(C)CC2NCc1ccccn1. The van der Waals surface area contributed by atoms with E-state index in [1.807, 2.05) is 18.3 Å². The summed E-state index contributed by atoms with van der Waals surface area (Å²) in [6.07, 6.45) is 2.80. The second kappa shape index (κ2) is 5.73. The molecule has 1 aromatic heterocycles. The van der Waals surface area contributed by atoms with E-state index in [1.165, 1.54) is 16.7 Å². The summed E-state index contributed by atoms with van der Waals surface area (Å²) >= 11 is 0. The fraction of sp³-hybridized carbons (Fsp3) is 0.421. The molecule has 116 valence electrons. The molecule has 0 fully saturated rings. The lowest BCUT2D eigenvalue weighted by atomic mass is 9.86. The van der Waals surface area contributed by atoms with Crippen molar-refractivity contribution in [2.24, 2.45) is 0 Å². The second-order valence-corrected chi connectivity index (χ2v) is 6.81. The van der Waals surface area contributed by atoms with Gasteiger partial charge in [-0.25, -0.2) is 0 Å². The Labute approximate surface area is 132 Å². The van der Waals surface area contributed by atoms with Gasteiger partial charge >= 0.3 is 0 Å². The number of aromatic nitrogens is 1. The molecular weight excluding hydrogens is 272 g/mol. The van der Waals surface area contributed by atoms with Crippen LogP contribution in [0, 0.1) is 13.8 Å². The molecule has 1 aliphatic rings. The van der Waals surface area contributed by atoms with E-state index in [1.54, 1.807) is 0 Å². The number of aryl methyl sites for hydroxylation is 2. The topological polar surface area (TPSA) is 34.1 Å². The Morgan fingerprint density at radius 1 is 1.27 bits per heavy atom. The standard InChI is InChI=1S/C19H24N2O/c1-13-9-14(2)18-16(11-19(3,4)22-17(18)10-13)21-12-15-7-5-6-8-20-15/h5-10,16,21H,11-12H2,1-4H3. The van der Waals surface area contributed by atoms with Gasteiger partial charge in [-0.15, -0.1) is 0 Å². The normalized spacial score (nSPS) is 19.4. The average Bonchev–Trinajstić information content (AvgIpc) is 2.43. The van der Waals surface area contributed by atoms with Gasteiger partial charge in [-0.05, 0) is 57.0 Å². The molecule has 1 aromatic carbocycles. The van der Waals surface area contributed by atoms with E-state index < -0.39 is 0 Å². The summed E-state index contributed by atoms with van der Waals surface area (Å²) in [5.74, 6) is 1.02. The molecule has 2 heterocycles. The largest absolute Gasteiger partial charge is 0.487 e. The molecule has 1 unspecified atom stereocenters. The van der Waals surface area contributed by atoms with Crippen LogP contribution in [-0.2, 0) is 6.54 Å². The van der Waals surface area contributed by atoms with Gasteiger partial charge in [0.1, 0.15) is 11.4 Å². The van der Waals surface area contributed by atoms with Crippen molar-refractivity contribution >= 4 is 0 Å². The van der Waals surface area contributed by atoms with E-state index in [0.29, 0.717) is 6.04 Å². The minimum atomic E-state index is -0.158. The Morgan fingerprint density at radius 2 is 2.09 bits per heavy atom. The van der Waals surface area contributed by atoms with Crippen molar-refractivity contribution in [2.45, 2.75) is 52.3 Å². The van der Waals surface area contributed by atoms with Crippen LogP contribution in [0.25, 0.3) is 0 Å². The first kappa shape index (κ1) is 15.0. The number of rotatable bonds is 3. The summed E-state index contributed by atoms with van der Waals surface area (Å²) in [6.45, 7) is 9.37. The van der Waals surface area contributed by atoms with Crippen molar-refractivity contribution in [3.63, 3.8) is 0 Å². The summed E-state index contributed by atoms with van der Waals surface area (Å²) in [4.78, 5) is 4.40. The lowest BCUT2D eigenvalue weighted by Gasteiger charge is -2.39. The number of nitrogens with one attached hydrogen (secondary N) is 1. The second-order valence-electron chi connectivity index (χ2n) is 6.81. The molecule has 0 saturated carbocycles. The Balaban J connectivity index is 1.88. The summed E-state index contributed by atoms with van der Waals surface area (Å²) < 4.78 is 6.21. The molecule has 2 aromatic rings. The Bertz CT molecular complexity index is 665. The van der Waals surface area contributed by atoms with Crippen LogP contribution in [0.3, 0.4) is 0 Å². The molecule has 0 radical (unpaired) electrons. The van der Waals surface area contributed by atoms with Crippen LogP contribution in [0.15, 0.2) is 36.5 Å². The van der Waals surface area contributed by atoms with Gasteiger partial charge in [-0.1, -0.05) is 12.1 Å². The van der Waals surface area contributed by atoms with Gasteiger partial charge in [0.25, 0.3) is 0 Å². The van der Waals surface area contributed by atoms with Crippen molar-refractivity contribution in [2.75, 3.05) is 0 Å². The molecule has 0 bridgehead atoms. The first-order valence-electron chi connectivity index (χ1n) is 7.88. The molecule has 0 spiro atoms. The molecule has 3 nitrogen and oxygen atoms in total. The summed E-state index contributed by atoms with van der Waals surface area (Å²) in [5, 5.41) is 3.67. The summed E-state index contributed by atoms with van der Waals surface area (Å²) in [6, 6.07) is 10.7. The number of benzene rings is 1. The third-order valence-corrected chi connectivity index (χ3v) is 4.18. The first-order chi connectivity index (χ1) is 10.4. The maximum atomic E-state index is 6.21. The zero-order valence-corrected chi connectivity index (χ0v) is 13.8. The Morgan fingerprint density at radius 3 is 2.82 bits per heavy atom. The van der Waals surface area contributed by atoms with Gasteiger partial charge in [-0.3, -0.25) is 4.98 Å². The monoisotopic (exact) mass is 296 g/mol. The third-order valence-electron chi connectivity index (χ3n) is 4.18. The van der Waals surface area contributed by atoms with Crippen LogP contribution in [0.4, 0.5) is 0 Å². The van der Waals surface area contributed by atoms with Crippen LogP contribution in [0.5, 0.6) is 5.75 Å². The van der Waals surface area contributed by atoms with E-state index >= 15 is 0 Å². The number of ether oxygens (including phenoxy) is 1. The van der Waals surface area contributed by atoms with E-state index in [2.05, 4.69) is 56.2 Å². The van der Waals surface area contributed by atoms with Crippen molar-refractivity contribution in [3.8, 4) is 5.75 Å². The van der Waals surface area contributed by atoms with E-state index in [-0.39, 0.29) is 5.60 Å². The third kappa shape index (κ3) is 3.14. The smallest absolute Gasteiger partial charge is 0.125 e. The first-order valence-corrected chi connectivity index (χ1v) is 7.88. The molecule has 0 amide bonds. The molecule has 1 aliphatic heterocycles. The number of hydrogen-bond donors (Lipinski definition) is 1. The molecule has 1 N–H and O–H groups in total. The highest BCUT2D eigenvalue weighted by atomic mass is 16.5. The lowest BCUT2D eigenvalue weighted by molar-refractivity contribution is 0.0653. The summed E-state index contributed by atoms with van der Waals surface area (Å²) in [5.41, 5.74) is 4.75. The van der Waals surface area contributed by atoms with Crippen LogP contribution in [-0.4, -0.2) is 10.6 Å². The van der Waals surface area contributed by atoms with Crippen molar-refractivity contribution < 1.29 is 4.74 Å². The fourth-order valence-electron chi connectivity index (χ4n) is 3.31. The Hall–Kier alpha value is -1.87. The average molecular weight is 296 g/mol. The van der Waals surface area contributed by atoms with Gasteiger partial charge in [0.05, 0.1) is 5.69 Å². The van der Waals surface area contributed by atoms with Gasteiger partial charge < -0.3 is 10.1 Å².